The topological polar surface area (TPSA) is 29.9 Å². The number of aryl methyl sites for hydroxylation is 1. The van der Waals surface area contributed by atoms with E-state index in [9.17, 15) is 0 Å². The van der Waals surface area contributed by atoms with Gasteiger partial charge in [-0.05, 0) is 31.2 Å². The molecule has 108 valence electrons. The van der Waals surface area contributed by atoms with Crippen molar-refractivity contribution in [3.8, 4) is 0 Å². The van der Waals surface area contributed by atoms with E-state index in [-0.39, 0.29) is 6.04 Å². The van der Waals surface area contributed by atoms with Gasteiger partial charge in [0.1, 0.15) is 0 Å². The summed E-state index contributed by atoms with van der Waals surface area (Å²) in [6.45, 7) is 5.71. The summed E-state index contributed by atoms with van der Waals surface area (Å²) in [5.41, 5.74) is 2.06. The lowest BCUT2D eigenvalue weighted by Gasteiger charge is -2.21. The maximum atomic E-state index is 6.32. The van der Waals surface area contributed by atoms with Crippen molar-refractivity contribution < 1.29 is 0 Å². The molecule has 6 heteroatoms. The lowest BCUT2D eigenvalue weighted by Crippen LogP contribution is -2.25. The van der Waals surface area contributed by atoms with Crippen LogP contribution in [0.1, 0.15) is 31.1 Å². The number of nitrogens with zero attached hydrogens (tertiary/aromatic N) is 2. The van der Waals surface area contributed by atoms with Crippen molar-refractivity contribution in [2.24, 2.45) is 0 Å². The Bertz CT molecular complexity index is 598. The Hall–Kier alpha value is -0.550. The molecule has 0 amide bonds. The lowest BCUT2D eigenvalue weighted by molar-refractivity contribution is 0.541. The van der Waals surface area contributed by atoms with E-state index in [0.29, 0.717) is 10.0 Å². The number of benzene rings is 1. The zero-order chi connectivity index (χ0) is 14.7. The highest BCUT2D eigenvalue weighted by Crippen LogP contribution is 2.33. The molecule has 3 nitrogen and oxygen atoms in total. The number of nitrogens with one attached hydrogen (secondary N) is 1. The number of hydrogen-bond donors (Lipinski definition) is 1. The van der Waals surface area contributed by atoms with Crippen LogP contribution in [0.5, 0.6) is 0 Å². The number of hydrogen-bond acceptors (Lipinski definition) is 2. The zero-order valence-corrected chi connectivity index (χ0v) is 14.4. The first-order valence-corrected chi connectivity index (χ1v) is 8.02. The van der Waals surface area contributed by atoms with Gasteiger partial charge in [-0.1, -0.05) is 52.1 Å². The van der Waals surface area contributed by atoms with Gasteiger partial charge in [0, 0.05) is 16.0 Å². The van der Waals surface area contributed by atoms with Gasteiger partial charge in [-0.3, -0.25) is 4.68 Å². The molecule has 20 heavy (non-hydrogen) atoms. The highest BCUT2D eigenvalue weighted by atomic mass is 79.9. The summed E-state index contributed by atoms with van der Waals surface area (Å²) in [6, 6.07) is 5.75. The van der Waals surface area contributed by atoms with E-state index in [2.05, 4.69) is 33.3 Å². The van der Waals surface area contributed by atoms with Crippen LogP contribution in [0.2, 0.25) is 10.0 Å². The molecule has 1 aromatic carbocycles. The van der Waals surface area contributed by atoms with Crippen LogP contribution in [-0.4, -0.2) is 16.3 Å². The van der Waals surface area contributed by atoms with E-state index in [4.69, 9.17) is 23.2 Å². The van der Waals surface area contributed by atoms with Crippen molar-refractivity contribution in [3.63, 3.8) is 0 Å². The van der Waals surface area contributed by atoms with Crippen molar-refractivity contribution in [3.05, 3.63) is 50.2 Å². The molecular weight excluding hydrogens is 361 g/mol. The van der Waals surface area contributed by atoms with Crippen LogP contribution >= 0.6 is 39.1 Å². The zero-order valence-electron chi connectivity index (χ0n) is 11.3. The van der Waals surface area contributed by atoms with Crippen LogP contribution in [-0.2, 0) is 6.54 Å². The summed E-state index contributed by atoms with van der Waals surface area (Å²) in [6.07, 6.45) is 1.69. The van der Waals surface area contributed by atoms with Gasteiger partial charge in [0.2, 0.25) is 0 Å². The lowest BCUT2D eigenvalue weighted by atomic mass is 10.0. The van der Waals surface area contributed by atoms with Gasteiger partial charge in [0.05, 0.1) is 23.0 Å². The van der Waals surface area contributed by atoms with Crippen LogP contribution in [0.4, 0.5) is 0 Å². The molecule has 1 aromatic heterocycles. The molecule has 2 rings (SSSR count). The second-order valence-electron chi connectivity index (χ2n) is 4.35. The van der Waals surface area contributed by atoms with Gasteiger partial charge in [0.15, 0.2) is 0 Å². The predicted molar refractivity (Wildman–Crippen MR) is 87.6 cm³/mol. The summed E-state index contributed by atoms with van der Waals surface area (Å²) in [4.78, 5) is 0. The van der Waals surface area contributed by atoms with Crippen LogP contribution < -0.4 is 5.32 Å². The Balaban J connectivity index is 2.53. The van der Waals surface area contributed by atoms with Crippen molar-refractivity contribution in [2.75, 3.05) is 6.54 Å². The molecule has 2 aromatic rings. The SMILES string of the molecule is CCNC(c1ccc(Cl)cc1Br)c1c(Cl)cnn1CC. The Labute approximate surface area is 137 Å². The molecule has 0 saturated carbocycles. The maximum absolute atomic E-state index is 6.32. The summed E-state index contributed by atoms with van der Waals surface area (Å²) in [7, 11) is 0. The van der Waals surface area contributed by atoms with Crippen molar-refractivity contribution in [1.29, 1.82) is 0 Å². The Morgan fingerprint density at radius 1 is 1.35 bits per heavy atom. The summed E-state index contributed by atoms with van der Waals surface area (Å²) >= 11 is 15.9. The fourth-order valence-electron chi connectivity index (χ4n) is 2.20. The molecule has 1 atom stereocenters. The van der Waals surface area contributed by atoms with Gasteiger partial charge in [-0.15, -0.1) is 0 Å². The fraction of sp³-hybridized carbons (Fsp3) is 0.357. The molecular formula is C14H16BrCl2N3. The maximum Gasteiger partial charge on any atom is 0.0837 e. The monoisotopic (exact) mass is 375 g/mol. The van der Waals surface area contributed by atoms with Crippen molar-refractivity contribution in [2.45, 2.75) is 26.4 Å². The van der Waals surface area contributed by atoms with Crippen molar-refractivity contribution in [1.82, 2.24) is 15.1 Å². The molecule has 1 N–H and O–H groups in total. The molecule has 0 radical (unpaired) electrons. The summed E-state index contributed by atoms with van der Waals surface area (Å²) < 4.78 is 2.87. The summed E-state index contributed by atoms with van der Waals surface area (Å²) in [5, 5.41) is 9.14. The molecule has 0 bridgehead atoms. The highest BCUT2D eigenvalue weighted by molar-refractivity contribution is 9.10. The molecule has 0 aliphatic carbocycles. The predicted octanol–water partition coefficient (Wildman–Crippen LogP) is 4.67. The average molecular weight is 377 g/mol. The van der Waals surface area contributed by atoms with Gasteiger partial charge >= 0.3 is 0 Å². The van der Waals surface area contributed by atoms with Gasteiger partial charge in [-0.2, -0.15) is 5.10 Å². The Morgan fingerprint density at radius 3 is 2.70 bits per heavy atom. The minimum atomic E-state index is -0.0263. The molecule has 0 fully saturated rings. The van der Waals surface area contributed by atoms with Crippen LogP contribution in [0.3, 0.4) is 0 Å². The molecule has 0 aliphatic heterocycles. The first-order chi connectivity index (χ1) is 9.58. The first kappa shape index (κ1) is 15.8. The number of halogens is 3. The second-order valence-corrected chi connectivity index (χ2v) is 6.05. The van der Waals surface area contributed by atoms with E-state index in [1.165, 1.54) is 0 Å². The molecule has 0 spiro atoms. The Morgan fingerprint density at radius 2 is 2.10 bits per heavy atom. The number of rotatable bonds is 5. The largest absolute Gasteiger partial charge is 0.305 e. The quantitative estimate of drug-likeness (QED) is 0.821. The van der Waals surface area contributed by atoms with Crippen LogP contribution in [0.25, 0.3) is 0 Å². The third-order valence-corrected chi connectivity index (χ3v) is 4.30. The molecule has 1 unspecified atom stereocenters. The third kappa shape index (κ3) is 3.19. The van der Waals surface area contributed by atoms with Crippen LogP contribution in [0.15, 0.2) is 28.9 Å². The second kappa shape index (κ2) is 6.94. The minimum absolute atomic E-state index is 0.0263. The fourth-order valence-corrected chi connectivity index (χ4v) is 3.37. The van der Waals surface area contributed by atoms with E-state index in [1.54, 1.807) is 6.20 Å². The molecule has 0 aliphatic rings. The van der Waals surface area contributed by atoms with Gasteiger partial charge in [0.25, 0.3) is 0 Å². The minimum Gasteiger partial charge on any atom is -0.305 e. The average Bonchev–Trinajstić information content (AvgIpc) is 2.78. The summed E-state index contributed by atoms with van der Waals surface area (Å²) in [5.74, 6) is 0. The third-order valence-electron chi connectivity index (χ3n) is 3.09. The van der Waals surface area contributed by atoms with E-state index >= 15 is 0 Å². The van der Waals surface area contributed by atoms with Gasteiger partial charge < -0.3 is 5.32 Å². The van der Waals surface area contributed by atoms with Crippen molar-refractivity contribution >= 4 is 39.1 Å². The Kier molecular flexibility index (Phi) is 5.49. The standard InChI is InChI=1S/C14H16BrCl2N3/c1-3-18-13(10-6-5-9(16)7-11(10)15)14-12(17)8-19-20(14)4-2/h5-8,13,18H,3-4H2,1-2H3. The normalized spacial score (nSPS) is 12.7. The number of aromatic nitrogens is 2. The van der Waals surface area contributed by atoms with E-state index < -0.39 is 0 Å². The van der Waals surface area contributed by atoms with Gasteiger partial charge in [-0.25, -0.2) is 0 Å². The highest BCUT2D eigenvalue weighted by Gasteiger charge is 2.22. The molecule has 0 saturated heterocycles. The first-order valence-electron chi connectivity index (χ1n) is 6.48. The van der Waals surface area contributed by atoms with E-state index in [1.807, 2.05) is 29.8 Å². The smallest absolute Gasteiger partial charge is 0.0837 e. The van der Waals surface area contributed by atoms with Crippen LogP contribution in [0, 0.1) is 0 Å². The van der Waals surface area contributed by atoms with E-state index in [0.717, 1.165) is 28.8 Å². The molecule has 1 heterocycles.